The van der Waals surface area contributed by atoms with Crippen molar-refractivity contribution in [1.29, 1.82) is 0 Å². The summed E-state index contributed by atoms with van der Waals surface area (Å²) in [6.45, 7) is 0.622. The second-order valence-corrected chi connectivity index (χ2v) is 4.37. The third-order valence-electron chi connectivity index (χ3n) is 1.49. The normalized spacial score (nSPS) is 10.6. The van der Waals surface area contributed by atoms with Gasteiger partial charge < -0.3 is 0 Å². The number of hydrogen-bond acceptors (Lipinski definition) is 2. The van der Waals surface area contributed by atoms with E-state index in [1.54, 1.807) is 21.8 Å². The summed E-state index contributed by atoms with van der Waals surface area (Å²) < 4.78 is 5.53. The van der Waals surface area contributed by atoms with Gasteiger partial charge in [-0.15, -0.1) is 0 Å². The molecule has 0 atom stereocenters. The van der Waals surface area contributed by atoms with Crippen molar-refractivity contribution in [3.8, 4) is 0 Å². The van der Waals surface area contributed by atoms with Crippen LogP contribution in [0.2, 0.25) is 0 Å². The first kappa shape index (κ1) is 8.96. The Morgan fingerprint density at radius 3 is 1.77 bits per heavy atom. The molecule has 0 fully saturated rings. The average Bonchev–Trinajstić information content (AvgIpc) is 2.62. The van der Waals surface area contributed by atoms with Gasteiger partial charge in [0.15, 0.2) is 0 Å². The molecule has 4 nitrogen and oxygen atoms in total. The summed E-state index contributed by atoms with van der Waals surface area (Å²) in [5, 5.41) is 8.23. The van der Waals surface area contributed by atoms with Gasteiger partial charge in [0.05, 0.1) is 21.3 Å². The molecule has 0 spiro atoms. The van der Waals surface area contributed by atoms with E-state index < -0.39 is 0 Å². The van der Waals surface area contributed by atoms with Gasteiger partial charge in [-0.25, -0.2) is 9.36 Å². The van der Waals surface area contributed by atoms with Crippen LogP contribution in [0.15, 0.2) is 33.7 Å². The molecule has 68 valence electrons. The predicted molar refractivity (Wildman–Crippen MR) is 55.3 cm³/mol. The second kappa shape index (κ2) is 3.63. The zero-order chi connectivity index (χ0) is 9.26. The van der Waals surface area contributed by atoms with Crippen LogP contribution in [0.25, 0.3) is 0 Å². The first-order valence-corrected chi connectivity index (χ1v) is 5.18. The molecule has 2 aromatic heterocycles. The minimum absolute atomic E-state index is 0.622. The van der Waals surface area contributed by atoms with E-state index in [9.17, 15) is 0 Å². The van der Waals surface area contributed by atoms with Crippen LogP contribution < -0.4 is 0 Å². The molecule has 6 heteroatoms. The Labute approximate surface area is 91.8 Å². The van der Waals surface area contributed by atoms with Crippen molar-refractivity contribution >= 4 is 31.9 Å². The maximum atomic E-state index is 4.11. The molecule has 0 N–H and O–H groups in total. The van der Waals surface area contributed by atoms with Crippen LogP contribution in [0.1, 0.15) is 0 Å². The summed E-state index contributed by atoms with van der Waals surface area (Å²) in [6.07, 6.45) is 7.29. The van der Waals surface area contributed by atoms with Crippen molar-refractivity contribution in [1.82, 2.24) is 19.6 Å². The van der Waals surface area contributed by atoms with E-state index in [1.165, 1.54) is 0 Å². The van der Waals surface area contributed by atoms with Crippen molar-refractivity contribution in [2.24, 2.45) is 0 Å². The first-order valence-electron chi connectivity index (χ1n) is 3.60. The monoisotopic (exact) mass is 304 g/mol. The highest BCUT2D eigenvalue weighted by molar-refractivity contribution is 9.10. The molecule has 0 aliphatic rings. The highest BCUT2D eigenvalue weighted by Gasteiger charge is 1.97. The molecule has 0 bridgehead atoms. The van der Waals surface area contributed by atoms with Crippen molar-refractivity contribution in [2.75, 3.05) is 0 Å². The van der Waals surface area contributed by atoms with Crippen LogP contribution >= 0.6 is 31.9 Å². The molecular formula is C7H6Br2N4. The first-order chi connectivity index (χ1) is 6.24. The van der Waals surface area contributed by atoms with E-state index in [2.05, 4.69) is 42.1 Å². The molecule has 0 saturated heterocycles. The average molecular weight is 306 g/mol. The molecule has 13 heavy (non-hydrogen) atoms. The molecule has 2 aromatic rings. The maximum absolute atomic E-state index is 4.11. The lowest BCUT2D eigenvalue weighted by molar-refractivity contribution is 0.502. The van der Waals surface area contributed by atoms with Crippen LogP contribution in [-0.4, -0.2) is 19.6 Å². The van der Waals surface area contributed by atoms with Gasteiger partial charge in [0.1, 0.15) is 6.67 Å². The van der Waals surface area contributed by atoms with Gasteiger partial charge in [0, 0.05) is 12.4 Å². The molecule has 0 amide bonds. The highest BCUT2D eigenvalue weighted by atomic mass is 79.9. The van der Waals surface area contributed by atoms with Crippen LogP contribution in [0.5, 0.6) is 0 Å². The van der Waals surface area contributed by atoms with Crippen molar-refractivity contribution in [3.05, 3.63) is 33.7 Å². The SMILES string of the molecule is Brc1cnn(Cn2cc(Br)cn2)c1. The summed E-state index contributed by atoms with van der Waals surface area (Å²) >= 11 is 6.66. The summed E-state index contributed by atoms with van der Waals surface area (Å²) in [6, 6.07) is 0. The van der Waals surface area contributed by atoms with Crippen molar-refractivity contribution in [3.63, 3.8) is 0 Å². The fraction of sp³-hybridized carbons (Fsp3) is 0.143. The van der Waals surface area contributed by atoms with Crippen LogP contribution in [0.3, 0.4) is 0 Å². The molecule has 0 aromatic carbocycles. The zero-order valence-electron chi connectivity index (χ0n) is 6.56. The van der Waals surface area contributed by atoms with Gasteiger partial charge >= 0.3 is 0 Å². The van der Waals surface area contributed by atoms with Crippen LogP contribution in [0.4, 0.5) is 0 Å². The second-order valence-electron chi connectivity index (χ2n) is 2.54. The molecule has 2 rings (SSSR count). The summed E-state index contributed by atoms with van der Waals surface area (Å²) in [7, 11) is 0. The largest absolute Gasteiger partial charge is 0.250 e. The highest BCUT2D eigenvalue weighted by Crippen LogP contribution is 2.08. The smallest absolute Gasteiger partial charge is 0.133 e. The number of halogens is 2. The molecule has 0 unspecified atom stereocenters. The Kier molecular flexibility index (Phi) is 2.50. The lowest BCUT2D eigenvalue weighted by atomic mass is 10.7. The predicted octanol–water partition coefficient (Wildman–Crippen LogP) is 2.11. The molecule has 2 heterocycles. The molecule has 0 aliphatic carbocycles. The Morgan fingerprint density at radius 1 is 1.00 bits per heavy atom. The summed E-state index contributed by atoms with van der Waals surface area (Å²) in [5.41, 5.74) is 0. The fourth-order valence-electron chi connectivity index (χ4n) is 0.980. The Hall–Kier alpha value is -0.620. The fourth-order valence-corrected chi connectivity index (χ4v) is 1.64. The Morgan fingerprint density at radius 2 is 1.46 bits per heavy atom. The van der Waals surface area contributed by atoms with Gasteiger partial charge in [-0.1, -0.05) is 0 Å². The standard InChI is InChI=1S/C7H6Br2N4/c8-6-1-10-12(3-6)5-13-4-7(9)2-11-13/h1-4H,5H2. The molecule has 0 aliphatic heterocycles. The quantitative estimate of drug-likeness (QED) is 0.852. The van der Waals surface area contributed by atoms with Gasteiger partial charge in [-0.05, 0) is 31.9 Å². The third-order valence-corrected chi connectivity index (χ3v) is 2.31. The third kappa shape index (κ3) is 2.19. The van der Waals surface area contributed by atoms with E-state index in [0.717, 1.165) is 8.95 Å². The molecule has 0 saturated carbocycles. The lowest BCUT2D eigenvalue weighted by Gasteiger charge is -1.99. The molecule has 0 radical (unpaired) electrons. The lowest BCUT2D eigenvalue weighted by Crippen LogP contribution is -2.08. The minimum Gasteiger partial charge on any atom is -0.250 e. The molecular weight excluding hydrogens is 300 g/mol. The van der Waals surface area contributed by atoms with E-state index in [1.807, 2.05) is 12.4 Å². The Balaban J connectivity index is 2.14. The maximum Gasteiger partial charge on any atom is 0.133 e. The van der Waals surface area contributed by atoms with Crippen LogP contribution in [0, 0.1) is 0 Å². The van der Waals surface area contributed by atoms with E-state index in [4.69, 9.17) is 0 Å². The number of nitrogens with zero attached hydrogens (tertiary/aromatic N) is 4. The van der Waals surface area contributed by atoms with Gasteiger partial charge in [0.2, 0.25) is 0 Å². The summed E-state index contributed by atoms with van der Waals surface area (Å²) in [4.78, 5) is 0. The van der Waals surface area contributed by atoms with E-state index >= 15 is 0 Å². The van der Waals surface area contributed by atoms with Gasteiger partial charge in [0.25, 0.3) is 0 Å². The topological polar surface area (TPSA) is 35.6 Å². The number of aromatic nitrogens is 4. The van der Waals surface area contributed by atoms with Gasteiger partial charge in [-0.2, -0.15) is 10.2 Å². The van der Waals surface area contributed by atoms with E-state index in [-0.39, 0.29) is 0 Å². The van der Waals surface area contributed by atoms with Crippen LogP contribution in [-0.2, 0) is 6.67 Å². The van der Waals surface area contributed by atoms with E-state index in [0.29, 0.717) is 6.67 Å². The van der Waals surface area contributed by atoms with Crippen molar-refractivity contribution < 1.29 is 0 Å². The number of hydrogen-bond donors (Lipinski definition) is 0. The zero-order valence-corrected chi connectivity index (χ0v) is 9.73. The number of rotatable bonds is 2. The van der Waals surface area contributed by atoms with Gasteiger partial charge in [-0.3, -0.25) is 0 Å². The van der Waals surface area contributed by atoms with Crippen molar-refractivity contribution in [2.45, 2.75) is 6.67 Å². The Bertz CT molecular complexity index is 368. The summed E-state index contributed by atoms with van der Waals surface area (Å²) in [5.74, 6) is 0. The minimum atomic E-state index is 0.622.